The maximum Gasteiger partial charge on any atom is 0.272 e. The Morgan fingerprint density at radius 1 is 1.14 bits per heavy atom. The van der Waals surface area contributed by atoms with E-state index in [1.54, 1.807) is 53.4 Å². The summed E-state index contributed by atoms with van der Waals surface area (Å²) in [6.45, 7) is 2.30. The Morgan fingerprint density at radius 2 is 1.86 bits per heavy atom. The van der Waals surface area contributed by atoms with E-state index in [9.17, 15) is 9.59 Å². The van der Waals surface area contributed by atoms with Crippen molar-refractivity contribution in [1.29, 1.82) is 0 Å². The zero-order chi connectivity index (χ0) is 19.8. The molecule has 0 saturated carbocycles. The number of hydrogen-bond acceptors (Lipinski definition) is 5. The van der Waals surface area contributed by atoms with Crippen LogP contribution in [-0.4, -0.2) is 55.8 Å². The molecule has 1 aliphatic rings. The highest BCUT2D eigenvalue weighted by Gasteiger charge is 2.17. The molecular weight excluding hydrogens is 382 g/mol. The van der Waals surface area contributed by atoms with Crippen LogP contribution < -0.4 is 10.2 Å². The number of hydrogen-bond donors (Lipinski definition) is 1. The van der Waals surface area contributed by atoms with Crippen LogP contribution in [-0.2, 0) is 9.53 Å². The van der Waals surface area contributed by atoms with Crippen LogP contribution in [0.1, 0.15) is 15.9 Å². The van der Waals surface area contributed by atoms with Crippen LogP contribution >= 0.6 is 11.6 Å². The summed E-state index contributed by atoms with van der Waals surface area (Å²) < 4.78 is 10.8. The Hall–Kier alpha value is -2.90. The van der Waals surface area contributed by atoms with Crippen LogP contribution in [0.15, 0.2) is 53.6 Å². The minimum atomic E-state index is -0.386. The van der Waals surface area contributed by atoms with Gasteiger partial charge in [-0.15, -0.1) is 0 Å². The maximum atomic E-state index is 12.1. The average Bonchev–Trinajstić information content (AvgIpc) is 2.74. The lowest BCUT2D eigenvalue weighted by Gasteiger charge is -2.26. The molecule has 2 amide bonds. The van der Waals surface area contributed by atoms with Gasteiger partial charge in [0.1, 0.15) is 5.75 Å². The van der Waals surface area contributed by atoms with Gasteiger partial charge in [0.05, 0.1) is 30.0 Å². The first-order valence-corrected chi connectivity index (χ1v) is 9.17. The molecule has 0 atom stereocenters. The summed E-state index contributed by atoms with van der Waals surface area (Å²) in [5.74, 6) is 0.138. The number of benzene rings is 2. The molecule has 1 N–H and O–H groups in total. The Bertz CT molecular complexity index is 849. The molecule has 7 nitrogen and oxygen atoms in total. The number of halogens is 1. The highest BCUT2D eigenvalue weighted by molar-refractivity contribution is 6.33. The van der Waals surface area contributed by atoms with Crippen LogP contribution in [0, 0.1) is 0 Å². The van der Waals surface area contributed by atoms with Gasteiger partial charge in [-0.1, -0.05) is 23.7 Å². The van der Waals surface area contributed by atoms with Gasteiger partial charge in [-0.25, -0.2) is 5.43 Å². The van der Waals surface area contributed by atoms with E-state index in [-0.39, 0.29) is 18.4 Å². The van der Waals surface area contributed by atoms with Crippen molar-refractivity contribution < 1.29 is 19.1 Å². The fraction of sp³-hybridized carbons (Fsp3) is 0.250. The smallest absolute Gasteiger partial charge is 0.272 e. The molecule has 0 aromatic heterocycles. The van der Waals surface area contributed by atoms with Crippen molar-refractivity contribution in [3.8, 4) is 5.75 Å². The number of amides is 2. The molecule has 0 aliphatic carbocycles. The van der Waals surface area contributed by atoms with Crippen molar-refractivity contribution in [1.82, 2.24) is 10.3 Å². The molecule has 0 unspecified atom stereocenters. The zero-order valence-electron chi connectivity index (χ0n) is 15.1. The third kappa shape index (κ3) is 5.55. The molecule has 3 rings (SSSR count). The zero-order valence-corrected chi connectivity index (χ0v) is 15.9. The summed E-state index contributed by atoms with van der Waals surface area (Å²) in [6.07, 6.45) is 1.51. The first kappa shape index (κ1) is 19.9. The Kier molecular flexibility index (Phi) is 7.00. The third-order valence-electron chi connectivity index (χ3n) is 4.10. The minimum absolute atomic E-state index is 0.0126. The van der Waals surface area contributed by atoms with E-state index >= 15 is 0 Å². The number of rotatable bonds is 6. The molecule has 1 fully saturated rings. The molecule has 1 heterocycles. The highest BCUT2D eigenvalue weighted by atomic mass is 35.5. The normalized spacial score (nSPS) is 14.1. The van der Waals surface area contributed by atoms with Gasteiger partial charge in [0.15, 0.2) is 6.61 Å². The molecule has 28 heavy (non-hydrogen) atoms. The fourth-order valence-corrected chi connectivity index (χ4v) is 2.79. The van der Waals surface area contributed by atoms with Gasteiger partial charge < -0.3 is 14.4 Å². The average molecular weight is 402 g/mol. The fourth-order valence-electron chi connectivity index (χ4n) is 2.57. The van der Waals surface area contributed by atoms with Crippen LogP contribution in [0.5, 0.6) is 5.75 Å². The number of carbonyl (C=O) groups is 2. The number of nitrogens with one attached hydrogen (secondary N) is 1. The quantitative estimate of drug-likeness (QED) is 0.595. The molecule has 0 bridgehead atoms. The van der Waals surface area contributed by atoms with E-state index in [0.29, 0.717) is 42.6 Å². The second-order valence-corrected chi connectivity index (χ2v) is 6.44. The van der Waals surface area contributed by atoms with Crippen LogP contribution in [0.4, 0.5) is 0 Å². The molecule has 1 saturated heterocycles. The summed E-state index contributed by atoms with van der Waals surface area (Å²) in [5.41, 5.74) is 3.56. The van der Waals surface area contributed by atoms with Crippen molar-refractivity contribution in [2.45, 2.75) is 0 Å². The number of morpholine rings is 1. The summed E-state index contributed by atoms with van der Waals surface area (Å²) >= 11 is 5.97. The minimum Gasteiger partial charge on any atom is -0.484 e. The maximum absolute atomic E-state index is 12.1. The van der Waals surface area contributed by atoms with Crippen LogP contribution in [0.3, 0.4) is 0 Å². The predicted molar refractivity (Wildman–Crippen MR) is 106 cm³/mol. The molecule has 146 valence electrons. The number of ether oxygens (including phenoxy) is 2. The van der Waals surface area contributed by atoms with E-state index in [0.717, 1.165) is 5.56 Å². The lowest BCUT2D eigenvalue weighted by molar-refractivity contribution is -0.137. The van der Waals surface area contributed by atoms with Crippen LogP contribution in [0.2, 0.25) is 5.02 Å². The van der Waals surface area contributed by atoms with E-state index < -0.39 is 0 Å². The summed E-state index contributed by atoms with van der Waals surface area (Å²) in [7, 11) is 0. The monoisotopic (exact) mass is 401 g/mol. The van der Waals surface area contributed by atoms with Gasteiger partial charge in [-0.05, 0) is 42.0 Å². The predicted octanol–water partition coefficient (Wildman–Crippen LogP) is 2.34. The largest absolute Gasteiger partial charge is 0.484 e. The van der Waals surface area contributed by atoms with Gasteiger partial charge in [-0.2, -0.15) is 5.10 Å². The van der Waals surface area contributed by atoms with Crippen LogP contribution in [0.25, 0.3) is 0 Å². The molecule has 0 radical (unpaired) electrons. The molecule has 2 aromatic rings. The second-order valence-electron chi connectivity index (χ2n) is 6.03. The van der Waals surface area contributed by atoms with Crippen molar-refractivity contribution in [3.63, 3.8) is 0 Å². The van der Waals surface area contributed by atoms with E-state index in [1.165, 1.54) is 6.21 Å². The summed E-state index contributed by atoms with van der Waals surface area (Å²) in [6, 6.07) is 13.8. The van der Waals surface area contributed by atoms with Gasteiger partial charge in [0.2, 0.25) is 0 Å². The van der Waals surface area contributed by atoms with Gasteiger partial charge in [0.25, 0.3) is 11.8 Å². The van der Waals surface area contributed by atoms with E-state index in [1.807, 2.05) is 0 Å². The standard InChI is InChI=1S/C20H20ClN3O4/c21-18-4-2-1-3-17(18)20(26)23-22-13-15-5-7-16(8-6-15)28-14-19(25)24-9-11-27-12-10-24/h1-8,13H,9-12,14H2,(H,23,26)/b22-13-. The third-order valence-corrected chi connectivity index (χ3v) is 4.43. The van der Waals surface area contributed by atoms with Crippen molar-refractivity contribution >= 4 is 29.6 Å². The van der Waals surface area contributed by atoms with Gasteiger partial charge in [-0.3, -0.25) is 9.59 Å². The topological polar surface area (TPSA) is 80.2 Å². The molecule has 0 spiro atoms. The van der Waals surface area contributed by atoms with Crippen molar-refractivity contribution in [2.24, 2.45) is 5.10 Å². The number of carbonyl (C=O) groups excluding carboxylic acids is 2. The first-order chi connectivity index (χ1) is 13.6. The molecule has 1 aliphatic heterocycles. The van der Waals surface area contributed by atoms with Crippen molar-refractivity contribution in [2.75, 3.05) is 32.9 Å². The molecular formula is C20H20ClN3O4. The van der Waals surface area contributed by atoms with Crippen molar-refractivity contribution in [3.05, 3.63) is 64.7 Å². The lowest BCUT2D eigenvalue weighted by Crippen LogP contribution is -2.42. The highest BCUT2D eigenvalue weighted by Crippen LogP contribution is 2.14. The first-order valence-electron chi connectivity index (χ1n) is 8.80. The van der Waals surface area contributed by atoms with Gasteiger partial charge in [0, 0.05) is 13.1 Å². The molecule has 2 aromatic carbocycles. The van der Waals surface area contributed by atoms with Gasteiger partial charge >= 0.3 is 0 Å². The Balaban J connectivity index is 1.47. The second kappa shape index (κ2) is 9.87. The Morgan fingerprint density at radius 3 is 2.57 bits per heavy atom. The molecule has 8 heteroatoms. The SMILES string of the molecule is O=C(N/N=C\c1ccc(OCC(=O)N2CCOCC2)cc1)c1ccccc1Cl. The van der Waals surface area contributed by atoms with E-state index in [2.05, 4.69) is 10.5 Å². The summed E-state index contributed by atoms with van der Waals surface area (Å²) in [5, 5.41) is 4.29. The summed E-state index contributed by atoms with van der Waals surface area (Å²) in [4.78, 5) is 25.8. The number of nitrogens with zero attached hydrogens (tertiary/aromatic N) is 2. The van der Waals surface area contributed by atoms with E-state index in [4.69, 9.17) is 21.1 Å². The number of hydrazone groups is 1. The lowest BCUT2D eigenvalue weighted by atomic mass is 10.2. The Labute approximate surface area is 167 Å².